The summed E-state index contributed by atoms with van der Waals surface area (Å²) in [5.74, 6) is -4.51. The van der Waals surface area contributed by atoms with Crippen molar-refractivity contribution in [1.29, 1.82) is 0 Å². The minimum atomic E-state index is -0.872. The van der Waals surface area contributed by atoms with Crippen molar-refractivity contribution in [3.05, 3.63) is 155 Å². The average Bonchev–Trinajstić information content (AvgIpc) is 3.06. The predicted molar refractivity (Wildman–Crippen MR) is 158 cm³/mol. The Hall–Kier alpha value is -6.22. The highest BCUT2D eigenvalue weighted by Crippen LogP contribution is 2.41. The van der Waals surface area contributed by atoms with Crippen molar-refractivity contribution in [2.45, 2.75) is 6.61 Å². The summed E-state index contributed by atoms with van der Waals surface area (Å²) in [5.41, 5.74) is 0.859. The summed E-state index contributed by atoms with van der Waals surface area (Å²) in [6.07, 6.45) is 0. The number of hydrogen-bond acceptors (Lipinski definition) is 9. The van der Waals surface area contributed by atoms with Crippen molar-refractivity contribution >= 4 is 23.9 Å². The lowest BCUT2D eigenvalue weighted by molar-refractivity contribution is 0.0468. The number of rotatable bonds is 9. The van der Waals surface area contributed by atoms with Gasteiger partial charge in [0, 0.05) is 0 Å². The minimum absolute atomic E-state index is 0.00615. The summed E-state index contributed by atoms with van der Waals surface area (Å²) in [4.78, 5) is 52.5. The van der Waals surface area contributed by atoms with Gasteiger partial charge >= 0.3 is 23.9 Å². The molecule has 0 fully saturated rings. The first-order chi connectivity index (χ1) is 21.4. The quantitative estimate of drug-likeness (QED) is 0.154. The van der Waals surface area contributed by atoms with Gasteiger partial charge in [-0.05, 0) is 66.2 Å². The molecule has 0 amide bonds. The van der Waals surface area contributed by atoms with Crippen molar-refractivity contribution in [3.63, 3.8) is 0 Å². The van der Waals surface area contributed by atoms with Gasteiger partial charge in [-0.25, -0.2) is 19.2 Å². The molecule has 44 heavy (non-hydrogen) atoms. The van der Waals surface area contributed by atoms with Crippen LogP contribution in [0.3, 0.4) is 0 Å². The topological polar surface area (TPSA) is 125 Å². The van der Waals surface area contributed by atoms with E-state index in [2.05, 4.69) is 0 Å². The molecule has 0 aliphatic rings. The third kappa shape index (κ3) is 7.34. The fraction of sp³-hybridized carbons (Fsp3) is 0.0286. The van der Waals surface area contributed by atoms with Crippen LogP contribution in [0, 0.1) is 0 Å². The van der Waals surface area contributed by atoms with Gasteiger partial charge in [0.25, 0.3) is 0 Å². The van der Waals surface area contributed by atoms with Crippen LogP contribution in [0.4, 0.5) is 0 Å². The van der Waals surface area contributed by atoms with Crippen molar-refractivity contribution in [2.24, 2.45) is 0 Å². The van der Waals surface area contributed by atoms with Gasteiger partial charge in [-0.1, -0.05) is 66.7 Å². The SMILES string of the molecule is O=C(OCc1cccc(O)c1)c1cc(OC(=O)c2ccccc2)c(OC(=O)c2ccccc2)c(OC(=O)c2ccccc2)c1. The Morgan fingerprint density at radius 2 is 0.932 bits per heavy atom. The minimum Gasteiger partial charge on any atom is -0.508 e. The first kappa shape index (κ1) is 29.3. The largest absolute Gasteiger partial charge is 0.508 e. The number of benzene rings is 5. The predicted octanol–water partition coefficient (Wildman–Crippen LogP) is 6.41. The number of phenolic OH excluding ortho intramolecular Hbond substituents is 1. The lowest BCUT2D eigenvalue weighted by Gasteiger charge is -2.16. The normalized spacial score (nSPS) is 10.4. The summed E-state index contributed by atoms with van der Waals surface area (Å²) in [5, 5.41) is 9.73. The fourth-order valence-corrected chi connectivity index (χ4v) is 4.02. The van der Waals surface area contributed by atoms with E-state index >= 15 is 0 Å². The van der Waals surface area contributed by atoms with E-state index in [1.54, 1.807) is 66.7 Å². The molecule has 5 aromatic carbocycles. The van der Waals surface area contributed by atoms with E-state index in [-0.39, 0.29) is 46.1 Å². The molecular weight excluding hydrogens is 564 g/mol. The zero-order chi connectivity index (χ0) is 30.9. The summed E-state index contributed by atoms with van der Waals surface area (Å²) in [6, 6.07) is 32.5. The van der Waals surface area contributed by atoms with Crippen LogP contribution in [0.2, 0.25) is 0 Å². The van der Waals surface area contributed by atoms with Crippen LogP contribution in [0.5, 0.6) is 23.0 Å². The molecular formula is C35H24O9. The number of ether oxygens (including phenoxy) is 4. The van der Waals surface area contributed by atoms with E-state index in [0.29, 0.717) is 5.56 Å². The number of aromatic hydroxyl groups is 1. The van der Waals surface area contributed by atoms with Gasteiger partial charge < -0.3 is 24.1 Å². The molecule has 9 heteroatoms. The van der Waals surface area contributed by atoms with Crippen LogP contribution in [0.25, 0.3) is 0 Å². The van der Waals surface area contributed by atoms with Crippen LogP contribution in [-0.2, 0) is 11.3 Å². The number of phenols is 1. The lowest BCUT2D eigenvalue weighted by Crippen LogP contribution is -2.16. The first-order valence-corrected chi connectivity index (χ1v) is 13.3. The molecule has 0 aliphatic heterocycles. The van der Waals surface area contributed by atoms with Crippen LogP contribution < -0.4 is 14.2 Å². The van der Waals surface area contributed by atoms with Gasteiger partial charge in [-0.15, -0.1) is 0 Å². The second kappa shape index (κ2) is 13.6. The Bertz CT molecular complexity index is 1730. The van der Waals surface area contributed by atoms with Crippen LogP contribution >= 0.6 is 0 Å². The van der Waals surface area contributed by atoms with E-state index < -0.39 is 29.6 Å². The number of carbonyl (C=O) groups excluding carboxylic acids is 4. The van der Waals surface area contributed by atoms with Gasteiger partial charge in [-0.2, -0.15) is 0 Å². The fourth-order valence-electron chi connectivity index (χ4n) is 4.02. The summed E-state index contributed by atoms with van der Waals surface area (Å²) >= 11 is 0. The Kier molecular flexibility index (Phi) is 9.07. The molecule has 0 saturated heterocycles. The van der Waals surface area contributed by atoms with E-state index in [1.807, 2.05) is 0 Å². The van der Waals surface area contributed by atoms with Crippen molar-refractivity contribution in [2.75, 3.05) is 0 Å². The van der Waals surface area contributed by atoms with Crippen molar-refractivity contribution < 1.29 is 43.2 Å². The Labute approximate surface area is 251 Å². The summed E-state index contributed by atoms with van der Waals surface area (Å²) in [6.45, 7) is -0.198. The van der Waals surface area contributed by atoms with Crippen molar-refractivity contribution in [1.82, 2.24) is 0 Å². The van der Waals surface area contributed by atoms with E-state index in [9.17, 15) is 24.3 Å². The lowest BCUT2D eigenvalue weighted by atomic mass is 10.1. The van der Waals surface area contributed by atoms with Crippen LogP contribution in [0.1, 0.15) is 47.0 Å². The summed E-state index contributed by atoms with van der Waals surface area (Å²) in [7, 11) is 0. The molecule has 0 radical (unpaired) electrons. The van der Waals surface area contributed by atoms with Gasteiger partial charge in [0.2, 0.25) is 5.75 Å². The Morgan fingerprint density at radius 1 is 0.477 bits per heavy atom. The molecule has 0 saturated carbocycles. The molecule has 0 unspecified atom stereocenters. The molecule has 0 aliphatic carbocycles. The monoisotopic (exact) mass is 588 g/mol. The molecule has 5 rings (SSSR count). The molecule has 0 aromatic heterocycles. The molecule has 9 nitrogen and oxygen atoms in total. The smallest absolute Gasteiger partial charge is 0.343 e. The molecule has 0 heterocycles. The summed E-state index contributed by atoms with van der Waals surface area (Å²) < 4.78 is 22.3. The highest BCUT2D eigenvalue weighted by Gasteiger charge is 2.26. The highest BCUT2D eigenvalue weighted by molar-refractivity contribution is 5.97. The first-order valence-electron chi connectivity index (χ1n) is 13.3. The zero-order valence-electron chi connectivity index (χ0n) is 23.0. The second-order valence-electron chi connectivity index (χ2n) is 9.31. The van der Waals surface area contributed by atoms with Crippen molar-refractivity contribution in [3.8, 4) is 23.0 Å². The number of esters is 4. The second-order valence-corrected chi connectivity index (χ2v) is 9.31. The zero-order valence-corrected chi connectivity index (χ0v) is 23.0. The molecule has 0 bridgehead atoms. The van der Waals surface area contributed by atoms with E-state index in [4.69, 9.17) is 18.9 Å². The van der Waals surface area contributed by atoms with Crippen LogP contribution in [-0.4, -0.2) is 29.0 Å². The van der Waals surface area contributed by atoms with Gasteiger partial charge in [0.1, 0.15) is 12.4 Å². The molecule has 1 N–H and O–H groups in total. The van der Waals surface area contributed by atoms with E-state index in [1.165, 1.54) is 48.5 Å². The highest BCUT2D eigenvalue weighted by atomic mass is 16.6. The number of carbonyl (C=O) groups is 4. The standard InChI is InChI=1S/C35H24O9/c36-28-18-10-11-23(19-28)22-41-32(37)27-20-29(42-33(38)24-12-4-1-5-13-24)31(44-35(40)26-16-8-3-9-17-26)30(21-27)43-34(39)25-14-6-2-7-15-25/h1-21,36H,22H2. The Balaban J connectivity index is 1.56. The molecule has 218 valence electrons. The molecule has 0 spiro atoms. The maximum absolute atomic E-state index is 13.2. The van der Waals surface area contributed by atoms with Crippen LogP contribution in [0.15, 0.2) is 127 Å². The third-order valence-electron chi connectivity index (χ3n) is 6.17. The van der Waals surface area contributed by atoms with Gasteiger partial charge in [0.05, 0.1) is 22.3 Å². The van der Waals surface area contributed by atoms with Gasteiger partial charge in [0.15, 0.2) is 11.5 Å². The van der Waals surface area contributed by atoms with Gasteiger partial charge in [-0.3, -0.25) is 0 Å². The third-order valence-corrected chi connectivity index (χ3v) is 6.17. The maximum Gasteiger partial charge on any atom is 0.343 e. The molecule has 5 aromatic rings. The average molecular weight is 589 g/mol. The molecule has 0 atom stereocenters. The Morgan fingerprint density at radius 3 is 1.39 bits per heavy atom. The van der Waals surface area contributed by atoms with E-state index in [0.717, 1.165) is 12.1 Å². The maximum atomic E-state index is 13.2. The number of hydrogen-bond donors (Lipinski definition) is 1.